The normalized spacial score (nSPS) is 13.0. The molecule has 1 nitrogen and oxygen atoms in total. The van der Waals surface area contributed by atoms with Crippen LogP contribution in [0.1, 0.15) is 29.7 Å². The molecule has 0 aliphatic heterocycles. The van der Waals surface area contributed by atoms with E-state index in [1.54, 1.807) is 19.1 Å². The Morgan fingerprint density at radius 2 is 1.76 bits per heavy atom. The molecule has 21 heavy (non-hydrogen) atoms. The summed E-state index contributed by atoms with van der Waals surface area (Å²) in [6.45, 7) is 3.58. The van der Waals surface area contributed by atoms with Crippen molar-refractivity contribution >= 4 is 17.3 Å². The van der Waals surface area contributed by atoms with Gasteiger partial charge in [-0.3, -0.25) is 0 Å². The third kappa shape index (κ3) is 3.70. The first-order chi connectivity index (χ1) is 9.79. The van der Waals surface area contributed by atoms with Crippen molar-refractivity contribution in [1.29, 1.82) is 0 Å². The number of alkyl halides is 3. The fourth-order valence-corrected chi connectivity index (χ4v) is 2.37. The summed E-state index contributed by atoms with van der Waals surface area (Å²) in [5, 5.41) is 3.53. The minimum atomic E-state index is -4.37. The lowest BCUT2D eigenvalue weighted by atomic mass is 10.0. The van der Waals surface area contributed by atoms with Crippen molar-refractivity contribution in [1.82, 2.24) is 0 Å². The van der Waals surface area contributed by atoms with E-state index in [4.69, 9.17) is 11.6 Å². The van der Waals surface area contributed by atoms with E-state index < -0.39 is 17.8 Å². The first-order valence-electron chi connectivity index (χ1n) is 6.48. The van der Waals surface area contributed by atoms with Gasteiger partial charge in [0.2, 0.25) is 0 Å². The highest BCUT2D eigenvalue weighted by molar-refractivity contribution is 6.33. The first kappa shape index (κ1) is 15.7. The van der Waals surface area contributed by atoms with Crippen molar-refractivity contribution in [2.24, 2.45) is 0 Å². The Morgan fingerprint density at radius 1 is 1.10 bits per heavy atom. The molecular weight excluding hydrogens is 299 g/mol. The van der Waals surface area contributed by atoms with Crippen LogP contribution in [0.4, 0.5) is 18.9 Å². The molecule has 0 radical (unpaired) electrons. The van der Waals surface area contributed by atoms with E-state index in [1.807, 2.05) is 19.1 Å². The standard InChI is InChI=1S/C16H15ClF3N/c1-10-7-8-14(17)15(9-10)21-11(2)12-5-3-4-6-13(12)16(18,19)20/h3-9,11,21H,1-2H3. The quantitative estimate of drug-likeness (QED) is 0.750. The second kappa shape index (κ2) is 5.98. The predicted molar refractivity (Wildman–Crippen MR) is 79.7 cm³/mol. The molecule has 0 amide bonds. The molecule has 2 aromatic rings. The third-order valence-corrected chi connectivity index (χ3v) is 3.56. The van der Waals surface area contributed by atoms with E-state index in [-0.39, 0.29) is 5.56 Å². The van der Waals surface area contributed by atoms with Crippen molar-refractivity contribution < 1.29 is 13.2 Å². The number of halogens is 4. The molecule has 5 heteroatoms. The largest absolute Gasteiger partial charge is 0.416 e. The average molecular weight is 314 g/mol. The number of nitrogens with one attached hydrogen (secondary N) is 1. The van der Waals surface area contributed by atoms with Crippen LogP contribution in [0.2, 0.25) is 5.02 Å². The maximum absolute atomic E-state index is 13.0. The highest BCUT2D eigenvalue weighted by atomic mass is 35.5. The zero-order valence-electron chi connectivity index (χ0n) is 11.6. The fourth-order valence-electron chi connectivity index (χ4n) is 2.19. The number of hydrogen-bond donors (Lipinski definition) is 1. The molecule has 0 bridgehead atoms. The fraction of sp³-hybridized carbons (Fsp3) is 0.250. The predicted octanol–water partition coefficient (Wildman–Crippen LogP) is 5.84. The second-order valence-electron chi connectivity index (χ2n) is 4.93. The zero-order valence-corrected chi connectivity index (χ0v) is 12.4. The summed E-state index contributed by atoms with van der Waals surface area (Å²) in [5.41, 5.74) is 1.18. The number of anilines is 1. The van der Waals surface area contributed by atoms with Crippen molar-refractivity contribution in [2.75, 3.05) is 5.32 Å². The number of aryl methyl sites for hydroxylation is 1. The van der Waals surface area contributed by atoms with Gasteiger partial charge in [0.25, 0.3) is 0 Å². The third-order valence-electron chi connectivity index (χ3n) is 3.23. The summed E-state index contributed by atoms with van der Waals surface area (Å²) < 4.78 is 39.1. The van der Waals surface area contributed by atoms with Crippen LogP contribution in [0.3, 0.4) is 0 Å². The van der Waals surface area contributed by atoms with Gasteiger partial charge in [-0.25, -0.2) is 0 Å². The van der Waals surface area contributed by atoms with E-state index in [0.29, 0.717) is 10.7 Å². The lowest BCUT2D eigenvalue weighted by Crippen LogP contribution is -2.15. The van der Waals surface area contributed by atoms with E-state index in [1.165, 1.54) is 12.1 Å². The van der Waals surface area contributed by atoms with Gasteiger partial charge in [-0.1, -0.05) is 35.9 Å². The average Bonchev–Trinajstić information content (AvgIpc) is 2.42. The van der Waals surface area contributed by atoms with Gasteiger partial charge in [0.05, 0.1) is 16.3 Å². The van der Waals surface area contributed by atoms with Crippen LogP contribution in [0, 0.1) is 6.92 Å². The molecule has 0 fully saturated rings. The van der Waals surface area contributed by atoms with Gasteiger partial charge in [-0.05, 0) is 43.2 Å². The highest BCUT2D eigenvalue weighted by Gasteiger charge is 2.34. The summed E-state index contributed by atoms with van der Waals surface area (Å²) >= 11 is 6.07. The molecule has 1 atom stereocenters. The van der Waals surface area contributed by atoms with Crippen molar-refractivity contribution in [3.63, 3.8) is 0 Å². The Bertz CT molecular complexity index is 638. The van der Waals surface area contributed by atoms with Crippen LogP contribution < -0.4 is 5.32 Å². The molecule has 0 aliphatic rings. The van der Waals surface area contributed by atoms with Crippen LogP contribution in [0.15, 0.2) is 42.5 Å². The van der Waals surface area contributed by atoms with Crippen molar-refractivity contribution in [3.05, 3.63) is 64.2 Å². The Balaban J connectivity index is 2.33. The van der Waals surface area contributed by atoms with Crippen LogP contribution in [0.5, 0.6) is 0 Å². The molecule has 0 saturated carbocycles. The summed E-state index contributed by atoms with van der Waals surface area (Å²) in [4.78, 5) is 0. The molecule has 0 saturated heterocycles. The van der Waals surface area contributed by atoms with Crippen LogP contribution in [0.25, 0.3) is 0 Å². The number of benzene rings is 2. The number of rotatable bonds is 3. The van der Waals surface area contributed by atoms with E-state index >= 15 is 0 Å². The minimum Gasteiger partial charge on any atom is -0.377 e. The molecule has 1 unspecified atom stereocenters. The second-order valence-corrected chi connectivity index (χ2v) is 5.34. The summed E-state index contributed by atoms with van der Waals surface area (Å²) in [5.74, 6) is 0. The molecule has 0 aromatic heterocycles. The van der Waals surface area contributed by atoms with Gasteiger partial charge in [0.15, 0.2) is 0 Å². The van der Waals surface area contributed by atoms with Gasteiger partial charge in [-0.2, -0.15) is 13.2 Å². The maximum atomic E-state index is 13.0. The molecule has 0 heterocycles. The molecule has 0 spiro atoms. The zero-order chi connectivity index (χ0) is 15.6. The van der Waals surface area contributed by atoms with E-state index in [2.05, 4.69) is 5.32 Å². The van der Waals surface area contributed by atoms with E-state index in [9.17, 15) is 13.2 Å². The molecule has 1 N–H and O–H groups in total. The first-order valence-corrected chi connectivity index (χ1v) is 6.85. The van der Waals surface area contributed by atoms with Gasteiger partial charge >= 0.3 is 6.18 Å². The smallest absolute Gasteiger partial charge is 0.377 e. The molecule has 2 rings (SSSR count). The van der Waals surface area contributed by atoms with Crippen molar-refractivity contribution in [2.45, 2.75) is 26.1 Å². The SMILES string of the molecule is Cc1ccc(Cl)c(NC(C)c2ccccc2C(F)(F)F)c1. The molecule has 2 aromatic carbocycles. The summed E-state index contributed by atoms with van der Waals surface area (Å²) in [6, 6.07) is 10.4. The van der Waals surface area contributed by atoms with Gasteiger partial charge < -0.3 is 5.32 Å². The lowest BCUT2D eigenvalue weighted by Gasteiger charge is -2.21. The summed E-state index contributed by atoms with van der Waals surface area (Å²) in [7, 11) is 0. The summed E-state index contributed by atoms with van der Waals surface area (Å²) in [6.07, 6.45) is -4.37. The minimum absolute atomic E-state index is 0.197. The Kier molecular flexibility index (Phi) is 4.47. The Morgan fingerprint density at radius 3 is 2.43 bits per heavy atom. The lowest BCUT2D eigenvalue weighted by molar-refractivity contribution is -0.138. The van der Waals surface area contributed by atoms with Gasteiger partial charge in [0.1, 0.15) is 0 Å². The molecule has 0 aliphatic carbocycles. The van der Waals surface area contributed by atoms with Gasteiger partial charge in [0, 0.05) is 6.04 Å². The molecular formula is C16H15ClF3N. The van der Waals surface area contributed by atoms with Crippen LogP contribution in [-0.2, 0) is 6.18 Å². The highest BCUT2D eigenvalue weighted by Crippen LogP contribution is 2.36. The van der Waals surface area contributed by atoms with Crippen molar-refractivity contribution in [3.8, 4) is 0 Å². The van der Waals surface area contributed by atoms with Gasteiger partial charge in [-0.15, -0.1) is 0 Å². The maximum Gasteiger partial charge on any atom is 0.416 e. The Labute approximate surface area is 126 Å². The molecule has 112 valence electrons. The van der Waals surface area contributed by atoms with Crippen LogP contribution in [-0.4, -0.2) is 0 Å². The number of hydrogen-bond acceptors (Lipinski definition) is 1. The van der Waals surface area contributed by atoms with E-state index in [0.717, 1.165) is 11.6 Å². The van der Waals surface area contributed by atoms with Crippen LogP contribution >= 0.6 is 11.6 Å². The monoisotopic (exact) mass is 313 g/mol. The topological polar surface area (TPSA) is 12.0 Å². The Hall–Kier alpha value is -1.68.